The van der Waals surface area contributed by atoms with E-state index in [1.54, 1.807) is 0 Å². The molecule has 2 heterocycles. The predicted molar refractivity (Wildman–Crippen MR) is 366 cm³/mol. The maximum absolute atomic E-state index is 8.83. The van der Waals surface area contributed by atoms with Gasteiger partial charge in [-0.25, -0.2) is 0 Å². The van der Waals surface area contributed by atoms with Gasteiger partial charge in [0.2, 0.25) is 0 Å². The van der Waals surface area contributed by atoms with Crippen molar-refractivity contribution >= 4 is 97.7 Å². The summed E-state index contributed by atoms with van der Waals surface area (Å²) in [6, 6.07) is 77.4. The number of fused-ring (bicyclic) bond motifs is 11. The second kappa shape index (κ2) is 20.5. The van der Waals surface area contributed by atoms with Crippen molar-refractivity contribution < 1.29 is 22.5 Å². The monoisotopic (exact) mass is 1110 g/mol. The van der Waals surface area contributed by atoms with Gasteiger partial charge in [0.15, 0.2) is 0 Å². The zero-order valence-electron chi connectivity index (χ0n) is 57.3. The van der Waals surface area contributed by atoms with Gasteiger partial charge >= 0.3 is 0 Å². The molecule has 86 heavy (non-hydrogen) atoms. The van der Waals surface area contributed by atoms with Gasteiger partial charge in [-0.15, -0.1) is 0 Å². The Hall–Kier alpha value is -10.8. The van der Waals surface area contributed by atoms with E-state index in [0.717, 1.165) is 131 Å². The molecule has 2 aromatic heterocycles. The Bertz CT molecular complexity index is 5980. The Morgan fingerprint density at radius 3 is 1.09 bits per heavy atom. The average Bonchev–Trinajstić information content (AvgIpc) is 0.772. The highest BCUT2D eigenvalue weighted by Gasteiger charge is 2.22. The van der Waals surface area contributed by atoms with Crippen molar-refractivity contribution in [2.45, 2.75) is 26.2 Å². The molecule has 0 radical (unpaired) electrons. The van der Waals surface area contributed by atoms with E-state index in [0.29, 0.717) is 11.1 Å². The number of para-hydroxylation sites is 2. The Morgan fingerprint density at radius 2 is 0.628 bits per heavy atom. The highest BCUT2D eigenvalue weighted by atomic mass is 16.3. The SMILES string of the molecule is [2H]c1c([2H])c([2H])c(-c2c3ccccc3c(-c3ccc4oc5c(-c6cccc(C(C)(C)C)c6)cccc5c4c3)c3ccccc23)c([2H])c1[2H].[2H]c1c([2H])c([2H])c(-c2c3ccccc3c(-c3ccc4oc5c(-c6cccc7ccccc67)cccc5c4c3)c3ccccc23)c([2H])c1[2H]. The third-order valence-electron chi connectivity index (χ3n) is 17.1. The Kier molecular flexibility index (Phi) is 9.84. The van der Waals surface area contributed by atoms with Crippen molar-refractivity contribution in [2.75, 3.05) is 0 Å². The number of rotatable bonds is 6. The van der Waals surface area contributed by atoms with Crippen LogP contribution in [0.3, 0.4) is 0 Å². The summed E-state index contributed by atoms with van der Waals surface area (Å²) >= 11 is 0. The van der Waals surface area contributed by atoms with Gasteiger partial charge in [0, 0.05) is 32.7 Å². The highest BCUT2D eigenvalue weighted by molar-refractivity contribution is 6.24. The summed E-state index contributed by atoms with van der Waals surface area (Å²) in [5.74, 6) is 0. The second-order valence-electron chi connectivity index (χ2n) is 23.0. The molecule has 2 nitrogen and oxygen atoms in total. The van der Waals surface area contributed by atoms with Crippen LogP contribution in [0.4, 0.5) is 0 Å². The molecule has 0 aliphatic heterocycles. The fraction of sp³-hybridized carbons (Fsp3) is 0.0476. The normalized spacial score (nSPS) is 13.5. The van der Waals surface area contributed by atoms with Crippen LogP contribution >= 0.6 is 0 Å². The van der Waals surface area contributed by atoms with Crippen LogP contribution in [-0.2, 0) is 5.41 Å². The molecular weight excluding hydrogens is 1040 g/mol. The van der Waals surface area contributed by atoms with Crippen LogP contribution in [0, 0.1) is 0 Å². The molecule has 0 aliphatic rings. The Balaban J connectivity index is 0.000000151. The smallest absolute Gasteiger partial charge is 0.143 e. The van der Waals surface area contributed by atoms with Gasteiger partial charge in [-0.05, 0) is 145 Å². The zero-order valence-corrected chi connectivity index (χ0v) is 47.3. The van der Waals surface area contributed by atoms with E-state index in [2.05, 4.69) is 148 Å². The summed E-state index contributed by atoms with van der Waals surface area (Å²) in [6.45, 7) is 6.67. The van der Waals surface area contributed by atoms with E-state index in [1.165, 1.54) is 16.3 Å². The average molecular weight is 1110 g/mol. The summed E-state index contributed by atoms with van der Waals surface area (Å²) in [4.78, 5) is 0. The van der Waals surface area contributed by atoms with Crippen molar-refractivity contribution in [2.24, 2.45) is 0 Å². The molecule has 0 N–H and O–H groups in total. The second-order valence-corrected chi connectivity index (χ2v) is 23.0. The molecule has 0 unspecified atom stereocenters. The first kappa shape index (κ1) is 41.2. The molecule has 0 bridgehead atoms. The molecule has 17 aromatic rings. The van der Waals surface area contributed by atoms with E-state index >= 15 is 0 Å². The van der Waals surface area contributed by atoms with Gasteiger partial charge in [-0.1, -0.05) is 294 Å². The van der Waals surface area contributed by atoms with Crippen LogP contribution in [0.15, 0.2) is 306 Å². The van der Waals surface area contributed by atoms with Gasteiger partial charge in [0.25, 0.3) is 0 Å². The standard InChI is InChI=1S/C42H26O.C42H32O/c1-2-13-28(14-3-1)40-32-17-6-8-19-34(32)41(35-20-9-7-18-33(35)40)29-24-25-39-38(26-29)37-23-11-22-36(42(37)43-39)31-21-10-15-27-12-4-5-16-30(27)31;1-42(2,3)30-16-11-15-28(25-30)31-21-12-22-36-37-26-29(23-24-38(37)43-41(31)36)40-34-19-9-7-17-32(34)39(27-13-5-4-6-14-27)33-18-8-10-20-35(33)40/h1-26H;4-26H,1-3H3/i1D,2D,3D,13D,14D;4D,5D,6D,13D,14D. The largest absolute Gasteiger partial charge is 0.455 e. The minimum absolute atomic E-state index is 0.0241. The third kappa shape index (κ3) is 8.47. The molecule has 2 heteroatoms. The first-order chi connectivity index (χ1) is 46.5. The van der Waals surface area contributed by atoms with Crippen molar-refractivity contribution in [3.8, 4) is 66.8 Å². The number of hydrogen-bond acceptors (Lipinski definition) is 2. The summed E-state index contributed by atoms with van der Waals surface area (Å²) in [5, 5.41) is 13.5. The van der Waals surface area contributed by atoms with Crippen LogP contribution in [0.5, 0.6) is 0 Å². The summed E-state index contributed by atoms with van der Waals surface area (Å²) in [5.41, 5.74) is 14.6. The highest BCUT2D eigenvalue weighted by Crippen LogP contribution is 2.48. The minimum atomic E-state index is -0.400. The topological polar surface area (TPSA) is 26.3 Å². The van der Waals surface area contributed by atoms with Crippen molar-refractivity contribution in [3.63, 3.8) is 0 Å². The van der Waals surface area contributed by atoms with Gasteiger partial charge in [0.1, 0.15) is 22.3 Å². The van der Waals surface area contributed by atoms with Crippen LogP contribution in [0.2, 0.25) is 0 Å². The Labute approximate surface area is 513 Å². The van der Waals surface area contributed by atoms with E-state index in [4.69, 9.17) is 22.5 Å². The number of furan rings is 2. The van der Waals surface area contributed by atoms with Crippen LogP contribution in [0.25, 0.3) is 165 Å². The molecular formula is C84H58O2. The lowest BCUT2D eigenvalue weighted by Crippen LogP contribution is -2.10. The fourth-order valence-electron chi connectivity index (χ4n) is 13.1. The maximum atomic E-state index is 8.83. The summed E-state index contributed by atoms with van der Waals surface area (Å²) < 4.78 is 98.4. The maximum Gasteiger partial charge on any atom is 0.143 e. The van der Waals surface area contributed by atoms with Gasteiger partial charge in [-0.2, -0.15) is 0 Å². The van der Waals surface area contributed by atoms with Crippen molar-refractivity contribution in [3.05, 3.63) is 303 Å². The molecule has 0 saturated carbocycles. The Morgan fingerprint density at radius 1 is 0.267 bits per heavy atom. The van der Waals surface area contributed by atoms with Gasteiger partial charge in [-0.3, -0.25) is 0 Å². The van der Waals surface area contributed by atoms with E-state index in [-0.39, 0.29) is 64.9 Å². The van der Waals surface area contributed by atoms with E-state index < -0.39 is 12.1 Å². The summed E-state index contributed by atoms with van der Waals surface area (Å²) in [7, 11) is 0. The first-order valence-electron chi connectivity index (χ1n) is 34.0. The molecule has 17 rings (SSSR count). The first-order valence-corrected chi connectivity index (χ1v) is 29.0. The third-order valence-corrected chi connectivity index (χ3v) is 17.1. The molecule has 0 spiro atoms. The van der Waals surface area contributed by atoms with E-state index in [1.807, 2.05) is 109 Å². The molecule has 0 amide bonds. The van der Waals surface area contributed by atoms with Gasteiger partial charge < -0.3 is 8.83 Å². The lowest BCUT2D eigenvalue weighted by molar-refractivity contribution is 0.590. The molecule has 0 atom stereocenters. The van der Waals surface area contributed by atoms with Gasteiger partial charge in [0.05, 0.1) is 13.7 Å². The molecule has 0 fully saturated rings. The zero-order chi connectivity index (χ0) is 66.2. The molecule has 406 valence electrons. The minimum Gasteiger partial charge on any atom is -0.455 e. The lowest BCUT2D eigenvalue weighted by Gasteiger charge is -2.19. The number of benzene rings is 15. The van der Waals surface area contributed by atoms with Crippen molar-refractivity contribution in [1.82, 2.24) is 0 Å². The summed E-state index contributed by atoms with van der Waals surface area (Å²) in [6.07, 6.45) is 0. The molecule has 0 aliphatic carbocycles. The molecule has 15 aromatic carbocycles. The quantitative estimate of drug-likeness (QED) is 0.155. The van der Waals surface area contributed by atoms with E-state index in [9.17, 15) is 0 Å². The van der Waals surface area contributed by atoms with Crippen LogP contribution in [-0.4, -0.2) is 0 Å². The predicted octanol–water partition coefficient (Wildman–Crippen LogP) is 24.2. The molecule has 0 saturated heterocycles. The van der Waals surface area contributed by atoms with Crippen LogP contribution < -0.4 is 0 Å². The fourth-order valence-corrected chi connectivity index (χ4v) is 13.1. The van der Waals surface area contributed by atoms with Crippen molar-refractivity contribution in [1.29, 1.82) is 0 Å². The lowest BCUT2D eigenvalue weighted by atomic mass is 9.85. The number of hydrogen-bond donors (Lipinski definition) is 0. The van der Waals surface area contributed by atoms with Crippen LogP contribution in [0.1, 0.15) is 40.0 Å².